The van der Waals surface area contributed by atoms with Crippen molar-refractivity contribution in [2.45, 2.75) is 12.6 Å². The highest BCUT2D eigenvalue weighted by molar-refractivity contribution is 5.82. The smallest absolute Gasteiger partial charge is 0.266 e. The van der Waals surface area contributed by atoms with Crippen molar-refractivity contribution >= 4 is 5.91 Å². The molecule has 1 unspecified atom stereocenters. The molecule has 31 heavy (non-hydrogen) atoms. The van der Waals surface area contributed by atoms with E-state index in [-0.39, 0.29) is 12.5 Å². The monoisotopic (exact) mass is 414 g/mol. The van der Waals surface area contributed by atoms with Crippen LogP contribution in [0.5, 0.6) is 11.5 Å². The Kier molecular flexibility index (Phi) is 6.23. The molecule has 2 N–H and O–H groups in total. The van der Waals surface area contributed by atoms with Crippen LogP contribution < -0.4 is 14.8 Å². The molecule has 1 amide bonds. The summed E-state index contributed by atoms with van der Waals surface area (Å²) < 4.78 is 11.1. The van der Waals surface area contributed by atoms with Gasteiger partial charge in [-0.2, -0.15) is 5.10 Å². The van der Waals surface area contributed by atoms with Gasteiger partial charge in [0, 0.05) is 11.1 Å². The van der Waals surface area contributed by atoms with E-state index in [4.69, 9.17) is 9.47 Å². The second kappa shape index (κ2) is 9.58. The van der Waals surface area contributed by atoms with Crippen LogP contribution >= 0.6 is 0 Å². The second-order valence-corrected chi connectivity index (χ2v) is 6.77. The number of H-pyrrole nitrogens is 1. The van der Waals surface area contributed by atoms with Gasteiger partial charge in [-0.3, -0.25) is 9.89 Å². The number of nitrogens with one attached hydrogen (secondary N) is 2. The van der Waals surface area contributed by atoms with Crippen molar-refractivity contribution in [3.8, 4) is 22.9 Å². The van der Waals surface area contributed by atoms with E-state index in [1.807, 2.05) is 84.9 Å². The van der Waals surface area contributed by atoms with Gasteiger partial charge in [0.25, 0.3) is 5.91 Å². The molecule has 1 heterocycles. The highest BCUT2D eigenvalue weighted by Crippen LogP contribution is 2.22. The number of methoxy groups -OCH3 is 1. The van der Waals surface area contributed by atoms with E-state index >= 15 is 0 Å². The number of carbonyl (C=O) groups is 1. The lowest BCUT2D eigenvalue weighted by atomic mass is 10.1. The van der Waals surface area contributed by atoms with Crippen LogP contribution in [0.25, 0.3) is 11.4 Å². The molecule has 0 aliphatic heterocycles. The SMILES string of the molecule is COc1ccc(-c2n[nH]c(CNC(=O)C(Oc3ccccc3)c3ccccc3)n2)cc1. The summed E-state index contributed by atoms with van der Waals surface area (Å²) in [4.78, 5) is 17.4. The van der Waals surface area contributed by atoms with Crippen molar-refractivity contribution in [3.05, 3.63) is 96.3 Å². The van der Waals surface area contributed by atoms with Gasteiger partial charge in [-0.25, -0.2) is 4.98 Å². The number of carbonyl (C=O) groups excluding carboxylic acids is 1. The van der Waals surface area contributed by atoms with Gasteiger partial charge in [0.1, 0.15) is 17.3 Å². The Morgan fingerprint density at radius 1 is 0.935 bits per heavy atom. The number of ether oxygens (including phenoxy) is 2. The zero-order valence-electron chi connectivity index (χ0n) is 17.0. The van der Waals surface area contributed by atoms with Crippen molar-refractivity contribution in [1.29, 1.82) is 0 Å². The Balaban J connectivity index is 1.44. The summed E-state index contributed by atoms with van der Waals surface area (Å²) in [6, 6.07) is 26.1. The summed E-state index contributed by atoms with van der Waals surface area (Å²) in [6.07, 6.45) is -0.785. The first-order chi connectivity index (χ1) is 15.2. The molecule has 0 fully saturated rings. The highest BCUT2D eigenvalue weighted by atomic mass is 16.5. The lowest BCUT2D eigenvalue weighted by Crippen LogP contribution is -2.32. The molecule has 0 saturated carbocycles. The lowest BCUT2D eigenvalue weighted by molar-refractivity contribution is -0.128. The number of benzene rings is 3. The number of para-hydroxylation sites is 1. The van der Waals surface area contributed by atoms with Crippen molar-refractivity contribution < 1.29 is 14.3 Å². The van der Waals surface area contributed by atoms with Gasteiger partial charge in [-0.1, -0.05) is 48.5 Å². The van der Waals surface area contributed by atoms with Crippen LogP contribution in [0.4, 0.5) is 0 Å². The molecule has 0 saturated heterocycles. The quantitative estimate of drug-likeness (QED) is 0.456. The molecule has 4 aromatic rings. The van der Waals surface area contributed by atoms with Crippen LogP contribution in [0.3, 0.4) is 0 Å². The van der Waals surface area contributed by atoms with E-state index < -0.39 is 6.10 Å². The van der Waals surface area contributed by atoms with E-state index in [2.05, 4.69) is 20.5 Å². The van der Waals surface area contributed by atoms with Crippen molar-refractivity contribution in [3.63, 3.8) is 0 Å². The third-order valence-corrected chi connectivity index (χ3v) is 4.65. The number of hydrogen-bond donors (Lipinski definition) is 2. The van der Waals surface area contributed by atoms with Crippen LogP contribution in [0, 0.1) is 0 Å². The largest absolute Gasteiger partial charge is 0.497 e. The lowest BCUT2D eigenvalue weighted by Gasteiger charge is -2.19. The molecule has 7 heteroatoms. The minimum atomic E-state index is -0.785. The Hall–Kier alpha value is -4.13. The van der Waals surface area contributed by atoms with Crippen LogP contribution in [-0.4, -0.2) is 28.2 Å². The summed E-state index contributed by atoms with van der Waals surface area (Å²) >= 11 is 0. The molecular formula is C24H22N4O3. The maximum Gasteiger partial charge on any atom is 0.266 e. The van der Waals surface area contributed by atoms with Crippen molar-refractivity contribution in [2.24, 2.45) is 0 Å². The third-order valence-electron chi connectivity index (χ3n) is 4.65. The summed E-state index contributed by atoms with van der Waals surface area (Å²) in [5.74, 6) is 2.21. The van der Waals surface area contributed by atoms with Gasteiger partial charge in [-0.05, 0) is 36.4 Å². The topological polar surface area (TPSA) is 89.1 Å². The average Bonchev–Trinajstić information content (AvgIpc) is 3.31. The van der Waals surface area contributed by atoms with Gasteiger partial charge in [-0.15, -0.1) is 0 Å². The van der Waals surface area contributed by atoms with E-state index in [9.17, 15) is 4.79 Å². The molecule has 0 spiro atoms. The fraction of sp³-hybridized carbons (Fsp3) is 0.125. The number of aromatic nitrogens is 3. The summed E-state index contributed by atoms with van der Waals surface area (Å²) in [6.45, 7) is 0.198. The standard InChI is InChI=1S/C24H22N4O3/c1-30-19-14-12-18(13-15-19)23-26-21(27-28-23)16-25-24(29)22(17-8-4-2-5-9-17)31-20-10-6-3-7-11-20/h2-15,22H,16H2,1H3,(H,25,29)(H,26,27,28). The van der Waals surface area contributed by atoms with E-state index in [1.165, 1.54) is 0 Å². The Morgan fingerprint density at radius 2 is 1.61 bits per heavy atom. The van der Waals surface area contributed by atoms with Crippen LogP contribution in [0.2, 0.25) is 0 Å². The van der Waals surface area contributed by atoms with Gasteiger partial charge >= 0.3 is 0 Å². The van der Waals surface area contributed by atoms with E-state index in [0.717, 1.165) is 16.9 Å². The van der Waals surface area contributed by atoms with Gasteiger partial charge in [0.05, 0.1) is 13.7 Å². The summed E-state index contributed by atoms with van der Waals surface area (Å²) in [5, 5.41) is 9.98. The van der Waals surface area contributed by atoms with Gasteiger partial charge in [0.2, 0.25) is 6.10 Å². The molecule has 156 valence electrons. The molecule has 0 aliphatic carbocycles. The van der Waals surface area contributed by atoms with Crippen molar-refractivity contribution in [1.82, 2.24) is 20.5 Å². The number of amides is 1. The van der Waals surface area contributed by atoms with Crippen molar-refractivity contribution in [2.75, 3.05) is 7.11 Å². The van der Waals surface area contributed by atoms with Crippen LogP contribution in [-0.2, 0) is 11.3 Å². The molecule has 1 atom stereocenters. The van der Waals surface area contributed by atoms with Crippen LogP contribution in [0.15, 0.2) is 84.9 Å². The number of nitrogens with zero attached hydrogens (tertiary/aromatic N) is 2. The molecule has 0 aliphatic rings. The minimum absolute atomic E-state index is 0.198. The van der Waals surface area contributed by atoms with Crippen LogP contribution in [0.1, 0.15) is 17.5 Å². The Morgan fingerprint density at radius 3 is 2.29 bits per heavy atom. The highest BCUT2D eigenvalue weighted by Gasteiger charge is 2.23. The van der Waals surface area contributed by atoms with E-state index in [1.54, 1.807) is 7.11 Å². The zero-order chi connectivity index (χ0) is 21.5. The third kappa shape index (κ3) is 5.08. The maximum absolute atomic E-state index is 13.0. The number of rotatable bonds is 8. The molecule has 0 bridgehead atoms. The molecule has 7 nitrogen and oxygen atoms in total. The zero-order valence-corrected chi connectivity index (χ0v) is 17.0. The normalized spacial score (nSPS) is 11.5. The maximum atomic E-state index is 13.0. The molecule has 0 radical (unpaired) electrons. The van der Waals surface area contributed by atoms with Gasteiger partial charge < -0.3 is 14.8 Å². The summed E-state index contributed by atoms with van der Waals surface area (Å²) in [5.41, 5.74) is 1.62. The predicted octanol–water partition coefficient (Wildman–Crippen LogP) is 3.92. The van der Waals surface area contributed by atoms with E-state index in [0.29, 0.717) is 17.4 Å². The molecule has 4 rings (SSSR count). The first-order valence-electron chi connectivity index (χ1n) is 9.83. The molecule has 1 aromatic heterocycles. The molecular weight excluding hydrogens is 392 g/mol. The fourth-order valence-electron chi connectivity index (χ4n) is 3.04. The predicted molar refractivity (Wildman–Crippen MR) is 116 cm³/mol. The summed E-state index contributed by atoms with van der Waals surface area (Å²) in [7, 11) is 1.62. The Bertz CT molecular complexity index is 1110. The fourth-order valence-corrected chi connectivity index (χ4v) is 3.04. The van der Waals surface area contributed by atoms with Gasteiger partial charge in [0.15, 0.2) is 5.82 Å². The Labute approximate surface area is 180 Å². The first kappa shape index (κ1) is 20.2. The number of aromatic amines is 1. The molecule has 3 aromatic carbocycles. The second-order valence-electron chi connectivity index (χ2n) is 6.77. The number of hydrogen-bond acceptors (Lipinski definition) is 5. The first-order valence-corrected chi connectivity index (χ1v) is 9.83. The average molecular weight is 414 g/mol. The minimum Gasteiger partial charge on any atom is -0.497 e.